The Morgan fingerprint density at radius 2 is 1.79 bits per heavy atom. The molecule has 1 fully saturated rings. The number of H-pyrrole nitrogens is 1. The zero-order valence-corrected chi connectivity index (χ0v) is 20.4. The average Bonchev–Trinajstić information content (AvgIpc) is 3.24. The summed E-state index contributed by atoms with van der Waals surface area (Å²) < 4.78 is 39.9. The van der Waals surface area contributed by atoms with Crippen LogP contribution in [-0.4, -0.2) is 58.9 Å². The molecule has 0 radical (unpaired) electrons. The summed E-state index contributed by atoms with van der Waals surface area (Å²) in [5, 5.41) is 4.14. The summed E-state index contributed by atoms with van der Waals surface area (Å²) in [4.78, 5) is 17.1. The van der Waals surface area contributed by atoms with Gasteiger partial charge in [-0.3, -0.25) is 4.79 Å². The molecule has 3 aromatic rings. The number of nitrogens with one attached hydrogen (secondary N) is 2. The van der Waals surface area contributed by atoms with E-state index in [1.165, 1.54) is 6.26 Å². The van der Waals surface area contributed by atoms with Crippen LogP contribution in [0.2, 0.25) is 0 Å². The maximum atomic E-state index is 13.9. The molecule has 34 heavy (non-hydrogen) atoms. The summed E-state index contributed by atoms with van der Waals surface area (Å²) in [6.45, 7) is 1.20. The minimum Gasteiger partial charge on any atom is -0.497 e. The molecule has 1 aliphatic rings. The Morgan fingerprint density at radius 1 is 1.12 bits per heavy atom. The minimum absolute atomic E-state index is 0.0588. The monoisotopic (exact) mass is 486 g/mol. The van der Waals surface area contributed by atoms with Gasteiger partial charge in [-0.25, -0.2) is 8.42 Å². The van der Waals surface area contributed by atoms with Gasteiger partial charge in [-0.15, -0.1) is 0 Å². The first kappa shape index (κ1) is 24.1. The molecular formula is C25H30N2O6S. The molecule has 182 valence electrons. The molecule has 1 atom stereocenters. The number of anilines is 1. The van der Waals surface area contributed by atoms with Crippen molar-refractivity contribution >= 4 is 32.2 Å². The third-order valence-electron chi connectivity index (χ3n) is 6.13. The normalized spacial score (nSPS) is 15.7. The lowest BCUT2D eigenvalue weighted by molar-refractivity contribution is 0.0566. The summed E-state index contributed by atoms with van der Waals surface area (Å²) in [6.07, 6.45) is 4.42. The van der Waals surface area contributed by atoms with E-state index < -0.39 is 15.9 Å². The molecule has 8 nitrogen and oxygen atoms in total. The molecule has 0 aliphatic carbocycles. The molecule has 2 heterocycles. The second-order valence-corrected chi connectivity index (χ2v) is 10.8. The summed E-state index contributed by atoms with van der Waals surface area (Å²) in [5.74, 6) is 1.18. The van der Waals surface area contributed by atoms with Gasteiger partial charge in [-0.05, 0) is 36.5 Å². The number of ether oxygens (including phenoxy) is 3. The van der Waals surface area contributed by atoms with E-state index in [4.69, 9.17) is 14.2 Å². The lowest BCUT2D eigenvalue weighted by atomic mass is 9.86. The van der Waals surface area contributed by atoms with Gasteiger partial charge in [0.1, 0.15) is 11.5 Å². The number of aromatic amines is 1. The van der Waals surface area contributed by atoms with E-state index in [1.54, 1.807) is 38.6 Å². The van der Waals surface area contributed by atoms with Crippen molar-refractivity contribution in [1.29, 1.82) is 0 Å². The number of benzene rings is 2. The number of hydrogen-bond acceptors (Lipinski definition) is 7. The average molecular weight is 487 g/mol. The molecule has 1 aromatic heterocycles. The summed E-state index contributed by atoms with van der Waals surface area (Å²) >= 11 is 0. The lowest BCUT2D eigenvalue weighted by Gasteiger charge is -2.31. The fourth-order valence-corrected chi connectivity index (χ4v) is 5.23. The Balaban J connectivity index is 1.71. The molecule has 2 aromatic carbocycles. The van der Waals surface area contributed by atoms with Crippen molar-refractivity contribution in [2.45, 2.75) is 24.6 Å². The number of carbonyl (C=O) groups is 1. The maximum absolute atomic E-state index is 13.9. The van der Waals surface area contributed by atoms with Crippen LogP contribution >= 0.6 is 0 Å². The van der Waals surface area contributed by atoms with Gasteiger partial charge in [0.05, 0.1) is 26.0 Å². The van der Waals surface area contributed by atoms with E-state index in [0.717, 1.165) is 24.0 Å². The van der Waals surface area contributed by atoms with Crippen LogP contribution in [-0.2, 0) is 20.3 Å². The van der Waals surface area contributed by atoms with Crippen LogP contribution in [0.5, 0.6) is 11.5 Å². The molecule has 1 unspecified atom stereocenters. The van der Waals surface area contributed by atoms with Crippen LogP contribution in [0, 0.1) is 5.92 Å². The number of fused-ring (bicyclic) bond motifs is 1. The van der Waals surface area contributed by atoms with Crippen molar-refractivity contribution in [1.82, 2.24) is 4.98 Å². The highest BCUT2D eigenvalue weighted by molar-refractivity contribution is 7.89. The first-order chi connectivity index (χ1) is 16.3. The molecule has 9 heteroatoms. The Bertz CT molecular complexity index is 1260. The van der Waals surface area contributed by atoms with E-state index in [9.17, 15) is 13.2 Å². The SMILES string of the molecule is COc1cc(NC(C(=O)c2c[nH]c3ccc(CS(C)(=O)=O)cc23)C2CCOCC2)cc(OC)c1. The van der Waals surface area contributed by atoms with Crippen LogP contribution in [0.15, 0.2) is 42.6 Å². The number of Topliss-reactive ketones (excluding diaryl/α,β-unsaturated/α-hetero) is 1. The van der Waals surface area contributed by atoms with Gasteiger partial charge in [0.25, 0.3) is 0 Å². The molecule has 1 saturated heterocycles. The Kier molecular flexibility index (Phi) is 7.13. The predicted octanol–water partition coefficient (Wildman–Crippen LogP) is 3.82. The van der Waals surface area contributed by atoms with Crippen LogP contribution in [0.25, 0.3) is 10.9 Å². The number of sulfone groups is 1. The van der Waals surface area contributed by atoms with E-state index in [0.29, 0.717) is 41.2 Å². The molecule has 4 rings (SSSR count). The van der Waals surface area contributed by atoms with Crippen LogP contribution in [0.3, 0.4) is 0 Å². The highest BCUT2D eigenvalue weighted by atomic mass is 32.2. The molecule has 2 N–H and O–H groups in total. The second kappa shape index (κ2) is 10.1. The van der Waals surface area contributed by atoms with Crippen molar-refractivity contribution in [2.75, 3.05) is 39.0 Å². The van der Waals surface area contributed by atoms with Crippen molar-refractivity contribution in [3.63, 3.8) is 0 Å². The number of hydrogen-bond donors (Lipinski definition) is 2. The van der Waals surface area contributed by atoms with Gasteiger partial charge in [-0.2, -0.15) is 0 Å². The number of aromatic nitrogens is 1. The van der Waals surface area contributed by atoms with E-state index >= 15 is 0 Å². The Hall–Kier alpha value is -3.04. The number of carbonyl (C=O) groups excluding carboxylic acids is 1. The number of rotatable bonds is 9. The first-order valence-electron chi connectivity index (χ1n) is 11.2. The second-order valence-electron chi connectivity index (χ2n) is 8.69. The van der Waals surface area contributed by atoms with Gasteiger partial charge >= 0.3 is 0 Å². The van der Waals surface area contributed by atoms with Crippen molar-refractivity contribution < 1.29 is 27.4 Å². The fourth-order valence-electron chi connectivity index (χ4n) is 4.45. The van der Waals surface area contributed by atoms with Gasteiger partial charge in [0.15, 0.2) is 15.6 Å². The quantitative estimate of drug-likeness (QED) is 0.443. The van der Waals surface area contributed by atoms with Crippen molar-refractivity contribution in [2.24, 2.45) is 5.92 Å². The smallest absolute Gasteiger partial charge is 0.187 e. The van der Waals surface area contributed by atoms with E-state index in [2.05, 4.69) is 10.3 Å². The molecular weight excluding hydrogens is 456 g/mol. The minimum atomic E-state index is -3.19. The Morgan fingerprint density at radius 3 is 2.41 bits per heavy atom. The Labute approximate surface area is 199 Å². The van der Waals surface area contributed by atoms with Gasteiger partial charge < -0.3 is 24.5 Å². The van der Waals surface area contributed by atoms with Gasteiger partial charge in [0, 0.05) is 66.0 Å². The van der Waals surface area contributed by atoms with Crippen LogP contribution in [0.4, 0.5) is 5.69 Å². The lowest BCUT2D eigenvalue weighted by Crippen LogP contribution is -2.40. The number of methoxy groups -OCH3 is 2. The highest BCUT2D eigenvalue weighted by Crippen LogP contribution is 2.31. The van der Waals surface area contributed by atoms with Crippen molar-refractivity contribution in [3.8, 4) is 11.5 Å². The third kappa shape index (κ3) is 5.53. The standard InChI is InChI=1S/C25H30N2O6S/c1-31-19-11-18(12-20(13-19)32-2)27-24(17-6-8-33-9-7-17)25(28)22-14-26-23-5-4-16(10-21(22)23)15-34(3,29)30/h4-5,10-14,17,24,26-27H,6-9,15H2,1-3H3. The van der Waals surface area contributed by atoms with Crippen LogP contribution < -0.4 is 14.8 Å². The maximum Gasteiger partial charge on any atom is 0.187 e. The molecule has 0 bridgehead atoms. The first-order valence-corrected chi connectivity index (χ1v) is 13.2. The van der Waals surface area contributed by atoms with Crippen LogP contribution in [0.1, 0.15) is 28.8 Å². The van der Waals surface area contributed by atoms with E-state index in [1.807, 2.05) is 18.2 Å². The largest absolute Gasteiger partial charge is 0.497 e. The zero-order valence-electron chi connectivity index (χ0n) is 19.6. The molecule has 0 spiro atoms. The summed E-state index contributed by atoms with van der Waals surface area (Å²) in [6, 6.07) is 10.3. The molecule has 0 saturated carbocycles. The topological polar surface area (TPSA) is 107 Å². The van der Waals surface area contributed by atoms with Gasteiger partial charge in [0.2, 0.25) is 0 Å². The van der Waals surface area contributed by atoms with Gasteiger partial charge in [-0.1, -0.05) is 6.07 Å². The molecule has 1 aliphatic heterocycles. The zero-order chi connectivity index (χ0) is 24.3. The summed E-state index contributed by atoms with van der Waals surface area (Å²) in [5.41, 5.74) is 2.69. The number of ketones is 1. The third-order valence-corrected chi connectivity index (χ3v) is 6.99. The predicted molar refractivity (Wildman–Crippen MR) is 132 cm³/mol. The fraction of sp³-hybridized carbons (Fsp3) is 0.400. The van der Waals surface area contributed by atoms with E-state index in [-0.39, 0.29) is 17.5 Å². The van der Waals surface area contributed by atoms with Crippen molar-refractivity contribution in [3.05, 3.63) is 53.7 Å². The molecule has 0 amide bonds. The highest BCUT2D eigenvalue weighted by Gasteiger charge is 2.32. The summed E-state index contributed by atoms with van der Waals surface area (Å²) in [7, 11) is -0.0285.